The lowest BCUT2D eigenvalue weighted by molar-refractivity contribution is -0.138. The average Bonchev–Trinajstić information content (AvgIpc) is 2.83. The molecule has 0 amide bonds. The lowest BCUT2D eigenvalue weighted by atomic mass is 10.2. The van der Waals surface area contributed by atoms with E-state index >= 15 is 0 Å². The SMILES string of the molecule is COCCC(Nc1ncnc2c1CCC2)C(=O)O. The average molecular weight is 251 g/mol. The second kappa shape index (κ2) is 5.77. The number of methoxy groups -OCH3 is 1. The number of hydrogen-bond acceptors (Lipinski definition) is 5. The van der Waals surface area contributed by atoms with Gasteiger partial charge in [0, 0.05) is 31.4 Å². The van der Waals surface area contributed by atoms with Gasteiger partial charge in [-0.2, -0.15) is 0 Å². The predicted molar refractivity (Wildman–Crippen MR) is 65.6 cm³/mol. The van der Waals surface area contributed by atoms with Crippen LogP contribution in [0.15, 0.2) is 6.33 Å². The van der Waals surface area contributed by atoms with Crippen molar-refractivity contribution in [3.05, 3.63) is 17.6 Å². The number of carboxylic acid groups (broad SMARTS) is 1. The standard InChI is InChI=1S/C12H17N3O3/c1-18-6-5-10(12(16)17)15-11-8-3-2-4-9(8)13-7-14-11/h7,10H,2-6H2,1H3,(H,16,17)(H,13,14,15). The molecule has 2 N–H and O–H groups in total. The van der Waals surface area contributed by atoms with Crippen LogP contribution in [0.25, 0.3) is 0 Å². The van der Waals surface area contributed by atoms with Crippen molar-refractivity contribution in [2.45, 2.75) is 31.7 Å². The van der Waals surface area contributed by atoms with Crippen molar-refractivity contribution in [2.75, 3.05) is 19.0 Å². The molecule has 1 unspecified atom stereocenters. The van der Waals surface area contributed by atoms with Crippen molar-refractivity contribution in [1.29, 1.82) is 0 Å². The minimum Gasteiger partial charge on any atom is -0.480 e. The van der Waals surface area contributed by atoms with Gasteiger partial charge in [0.15, 0.2) is 0 Å². The topological polar surface area (TPSA) is 84.3 Å². The van der Waals surface area contributed by atoms with Gasteiger partial charge in [0.2, 0.25) is 0 Å². The molecule has 0 saturated heterocycles. The maximum absolute atomic E-state index is 11.1. The highest BCUT2D eigenvalue weighted by molar-refractivity contribution is 5.77. The van der Waals surface area contributed by atoms with Crippen LogP contribution in [0.5, 0.6) is 0 Å². The molecule has 1 heterocycles. The third-order valence-corrected chi connectivity index (χ3v) is 3.09. The van der Waals surface area contributed by atoms with Crippen LogP contribution in [0.3, 0.4) is 0 Å². The van der Waals surface area contributed by atoms with Crippen molar-refractivity contribution in [1.82, 2.24) is 9.97 Å². The molecule has 1 aromatic heterocycles. The van der Waals surface area contributed by atoms with E-state index in [4.69, 9.17) is 9.84 Å². The van der Waals surface area contributed by atoms with Gasteiger partial charge in [-0.25, -0.2) is 14.8 Å². The zero-order valence-electron chi connectivity index (χ0n) is 10.3. The first kappa shape index (κ1) is 12.8. The number of fused-ring (bicyclic) bond motifs is 1. The van der Waals surface area contributed by atoms with E-state index in [-0.39, 0.29) is 0 Å². The Morgan fingerprint density at radius 2 is 2.39 bits per heavy atom. The van der Waals surface area contributed by atoms with Gasteiger partial charge >= 0.3 is 5.97 Å². The van der Waals surface area contributed by atoms with Crippen molar-refractivity contribution < 1.29 is 14.6 Å². The normalized spacial score (nSPS) is 15.2. The molecular weight excluding hydrogens is 234 g/mol. The van der Waals surface area contributed by atoms with Gasteiger partial charge in [-0.15, -0.1) is 0 Å². The van der Waals surface area contributed by atoms with E-state index in [1.54, 1.807) is 7.11 Å². The Morgan fingerprint density at radius 3 is 3.11 bits per heavy atom. The summed E-state index contributed by atoms with van der Waals surface area (Å²) in [6, 6.07) is -0.676. The molecule has 6 nitrogen and oxygen atoms in total. The summed E-state index contributed by atoms with van der Waals surface area (Å²) in [4.78, 5) is 19.5. The number of hydrogen-bond donors (Lipinski definition) is 2. The maximum Gasteiger partial charge on any atom is 0.326 e. The first-order valence-electron chi connectivity index (χ1n) is 6.03. The first-order valence-corrected chi connectivity index (χ1v) is 6.03. The van der Waals surface area contributed by atoms with E-state index < -0.39 is 12.0 Å². The van der Waals surface area contributed by atoms with Crippen molar-refractivity contribution >= 4 is 11.8 Å². The molecule has 1 atom stereocenters. The van der Waals surface area contributed by atoms with Crippen LogP contribution in [0.2, 0.25) is 0 Å². The Balaban J connectivity index is 2.11. The first-order chi connectivity index (χ1) is 8.72. The van der Waals surface area contributed by atoms with Gasteiger partial charge in [0.05, 0.1) is 0 Å². The number of aliphatic carboxylic acids is 1. The highest BCUT2D eigenvalue weighted by atomic mass is 16.5. The van der Waals surface area contributed by atoms with Crippen molar-refractivity contribution in [2.24, 2.45) is 0 Å². The predicted octanol–water partition coefficient (Wildman–Crippen LogP) is 0.867. The summed E-state index contributed by atoms with van der Waals surface area (Å²) >= 11 is 0. The molecule has 0 bridgehead atoms. The van der Waals surface area contributed by atoms with E-state index in [0.29, 0.717) is 18.8 Å². The van der Waals surface area contributed by atoms with Crippen LogP contribution < -0.4 is 5.32 Å². The second-order valence-electron chi connectivity index (χ2n) is 4.32. The van der Waals surface area contributed by atoms with Crippen LogP contribution in [0.4, 0.5) is 5.82 Å². The van der Waals surface area contributed by atoms with E-state index in [1.165, 1.54) is 6.33 Å². The Labute approximate surface area is 105 Å². The minimum atomic E-state index is -0.891. The third-order valence-electron chi connectivity index (χ3n) is 3.09. The summed E-state index contributed by atoms with van der Waals surface area (Å²) in [6.45, 7) is 0.400. The Morgan fingerprint density at radius 1 is 1.56 bits per heavy atom. The number of carboxylic acids is 1. The molecule has 18 heavy (non-hydrogen) atoms. The zero-order chi connectivity index (χ0) is 13.0. The van der Waals surface area contributed by atoms with Gasteiger partial charge in [0.1, 0.15) is 18.2 Å². The van der Waals surface area contributed by atoms with E-state index in [2.05, 4.69) is 15.3 Å². The quantitative estimate of drug-likeness (QED) is 0.780. The molecule has 0 aromatic carbocycles. The molecule has 0 aliphatic heterocycles. The molecule has 2 rings (SSSR count). The molecule has 1 aromatic rings. The molecule has 98 valence electrons. The van der Waals surface area contributed by atoms with Gasteiger partial charge in [0.25, 0.3) is 0 Å². The number of anilines is 1. The summed E-state index contributed by atoms with van der Waals surface area (Å²) in [7, 11) is 1.56. The molecule has 6 heteroatoms. The van der Waals surface area contributed by atoms with Crippen molar-refractivity contribution in [3.8, 4) is 0 Å². The Hall–Kier alpha value is -1.69. The number of aryl methyl sites for hydroxylation is 1. The number of nitrogens with zero attached hydrogens (tertiary/aromatic N) is 2. The number of carbonyl (C=O) groups is 1. The van der Waals surface area contributed by atoms with E-state index in [9.17, 15) is 4.79 Å². The van der Waals surface area contributed by atoms with Crippen LogP contribution in [0, 0.1) is 0 Å². The van der Waals surface area contributed by atoms with Crippen LogP contribution in [-0.4, -0.2) is 40.8 Å². The lowest BCUT2D eigenvalue weighted by Crippen LogP contribution is -2.31. The van der Waals surface area contributed by atoms with Crippen molar-refractivity contribution in [3.63, 3.8) is 0 Å². The summed E-state index contributed by atoms with van der Waals surface area (Å²) < 4.78 is 4.92. The van der Waals surface area contributed by atoms with Crippen LogP contribution in [-0.2, 0) is 22.4 Å². The van der Waals surface area contributed by atoms with E-state index in [1.807, 2.05) is 0 Å². The smallest absolute Gasteiger partial charge is 0.326 e. The monoisotopic (exact) mass is 251 g/mol. The molecule has 1 aliphatic rings. The third kappa shape index (κ3) is 2.76. The zero-order valence-corrected chi connectivity index (χ0v) is 10.3. The Bertz CT molecular complexity index is 437. The fourth-order valence-electron chi connectivity index (χ4n) is 2.14. The second-order valence-corrected chi connectivity index (χ2v) is 4.32. The van der Waals surface area contributed by atoms with Crippen LogP contribution >= 0.6 is 0 Å². The fraction of sp³-hybridized carbons (Fsp3) is 0.583. The fourth-order valence-corrected chi connectivity index (χ4v) is 2.14. The lowest BCUT2D eigenvalue weighted by Gasteiger charge is -2.16. The number of aromatic nitrogens is 2. The summed E-state index contributed by atoms with van der Waals surface area (Å²) in [5.74, 6) is -0.238. The summed E-state index contributed by atoms with van der Waals surface area (Å²) in [6.07, 6.45) is 4.81. The maximum atomic E-state index is 11.1. The van der Waals surface area contributed by atoms with Gasteiger partial charge in [-0.3, -0.25) is 0 Å². The van der Waals surface area contributed by atoms with Gasteiger partial charge in [-0.1, -0.05) is 0 Å². The number of rotatable bonds is 6. The van der Waals surface area contributed by atoms with Gasteiger partial charge in [-0.05, 0) is 19.3 Å². The minimum absolute atomic E-state index is 0.400. The summed E-state index contributed by atoms with van der Waals surface area (Å²) in [5, 5.41) is 12.1. The number of nitrogens with one attached hydrogen (secondary N) is 1. The highest BCUT2D eigenvalue weighted by Crippen LogP contribution is 2.25. The number of ether oxygens (including phenoxy) is 1. The molecule has 0 saturated carbocycles. The molecule has 0 spiro atoms. The molecule has 1 aliphatic carbocycles. The highest BCUT2D eigenvalue weighted by Gasteiger charge is 2.22. The molecule has 0 radical (unpaired) electrons. The molecular formula is C12H17N3O3. The summed E-state index contributed by atoms with van der Waals surface area (Å²) in [5.41, 5.74) is 2.09. The Kier molecular flexibility index (Phi) is 4.09. The largest absolute Gasteiger partial charge is 0.480 e. The molecule has 0 fully saturated rings. The van der Waals surface area contributed by atoms with E-state index in [0.717, 1.165) is 30.5 Å². The van der Waals surface area contributed by atoms with Gasteiger partial charge < -0.3 is 15.2 Å². The van der Waals surface area contributed by atoms with Crippen LogP contribution in [0.1, 0.15) is 24.1 Å².